The molecule has 0 atom stereocenters. The molecular formula is C17H20N2O2. The summed E-state index contributed by atoms with van der Waals surface area (Å²) in [4.78, 5) is 15.7. The molecule has 0 unspecified atom stereocenters. The minimum atomic E-state index is -0.135. The quantitative estimate of drug-likeness (QED) is 0.918. The summed E-state index contributed by atoms with van der Waals surface area (Å²) in [7, 11) is 0. The number of nitrogens with one attached hydrogen (secondary N) is 1. The molecule has 4 heteroatoms. The number of nitrogens with zero attached hydrogens (tertiary/aromatic N) is 1. The number of benzene rings is 1. The highest BCUT2D eigenvalue weighted by Gasteiger charge is 2.06. The average Bonchev–Trinajstić information content (AvgIpc) is 2.48. The van der Waals surface area contributed by atoms with Gasteiger partial charge in [-0.05, 0) is 61.2 Å². The zero-order chi connectivity index (χ0) is 15.2. The smallest absolute Gasteiger partial charge is 0.258 e. The predicted octanol–water partition coefficient (Wildman–Crippen LogP) is 2.70. The summed E-state index contributed by atoms with van der Waals surface area (Å²) in [6.45, 7) is 6.58. The standard InChI is InChI=1S/C17H20N2O2/c1-12-8-14(3)16(9-13(12)2)21-11-17(20)19-10-15-4-6-18-7-5-15/h4-9H,10-11H2,1-3H3,(H,19,20). The second-order valence-corrected chi connectivity index (χ2v) is 5.12. The van der Waals surface area contributed by atoms with Gasteiger partial charge in [0.1, 0.15) is 5.75 Å². The van der Waals surface area contributed by atoms with E-state index in [9.17, 15) is 4.79 Å². The summed E-state index contributed by atoms with van der Waals surface area (Å²) in [5.41, 5.74) is 4.44. The van der Waals surface area contributed by atoms with E-state index < -0.39 is 0 Å². The number of carbonyl (C=O) groups excluding carboxylic acids is 1. The van der Waals surface area contributed by atoms with E-state index in [0.29, 0.717) is 6.54 Å². The second-order valence-electron chi connectivity index (χ2n) is 5.12. The Morgan fingerprint density at radius 2 is 1.76 bits per heavy atom. The Labute approximate surface area is 125 Å². The Morgan fingerprint density at radius 1 is 1.10 bits per heavy atom. The first kappa shape index (κ1) is 15.0. The van der Waals surface area contributed by atoms with Crippen LogP contribution >= 0.6 is 0 Å². The molecule has 21 heavy (non-hydrogen) atoms. The van der Waals surface area contributed by atoms with Gasteiger partial charge in [-0.3, -0.25) is 9.78 Å². The van der Waals surface area contributed by atoms with Crippen LogP contribution in [0.15, 0.2) is 36.7 Å². The average molecular weight is 284 g/mol. The molecule has 0 aliphatic heterocycles. The summed E-state index contributed by atoms with van der Waals surface area (Å²) >= 11 is 0. The molecule has 1 heterocycles. The van der Waals surface area contributed by atoms with Crippen molar-refractivity contribution in [3.63, 3.8) is 0 Å². The first-order valence-corrected chi connectivity index (χ1v) is 6.92. The summed E-state index contributed by atoms with van der Waals surface area (Å²) in [6, 6.07) is 7.78. The molecule has 1 N–H and O–H groups in total. The van der Waals surface area contributed by atoms with Crippen molar-refractivity contribution >= 4 is 5.91 Å². The lowest BCUT2D eigenvalue weighted by molar-refractivity contribution is -0.123. The number of hydrogen-bond acceptors (Lipinski definition) is 3. The van der Waals surface area contributed by atoms with Crippen molar-refractivity contribution in [2.24, 2.45) is 0 Å². The predicted molar refractivity (Wildman–Crippen MR) is 82.2 cm³/mol. The van der Waals surface area contributed by atoms with Gasteiger partial charge >= 0.3 is 0 Å². The number of aryl methyl sites for hydroxylation is 3. The molecule has 0 aliphatic rings. The molecule has 0 aliphatic carbocycles. The van der Waals surface area contributed by atoms with Crippen LogP contribution in [0.4, 0.5) is 0 Å². The van der Waals surface area contributed by atoms with E-state index in [1.807, 2.05) is 32.0 Å². The maximum absolute atomic E-state index is 11.8. The maximum Gasteiger partial charge on any atom is 0.258 e. The van der Waals surface area contributed by atoms with Crippen LogP contribution in [-0.4, -0.2) is 17.5 Å². The van der Waals surface area contributed by atoms with Crippen LogP contribution in [0.2, 0.25) is 0 Å². The Morgan fingerprint density at radius 3 is 2.48 bits per heavy atom. The molecule has 0 saturated heterocycles. The molecule has 0 spiro atoms. The van der Waals surface area contributed by atoms with Gasteiger partial charge in [-0.1, -0.05) is 6.07 Å². The lowest BCUT2D eigenvalue weighted by atomic mass is 10.1. The van der Waals surface area contributed by atoms with Crippen LogP contribution < -0.4 is 10.1 Å². The van der Waals surface area contributed by atoms with Crippen LogP contribution in [0.25, 0.3) is 0 Å². The molecule has 1 amide bonds. The van der Waals surface area contributed by atoms with Crippen LogP contribution in [-0.2, 0) is 11.3 Å². The molecule has 2 aromatic rings. The van der Waals surface area contributed by atoms with E-state index in [4.69, 9.17) is 4.74 Å². The van der Waals surface area contributed by atoms with Crippen molar-refractivity contribution in [1.82, 2.24) is 10.3 Å². The van der Waals surface area contributed by atoms with Gasteiger partial charge in [0.2, 0.25) is 0 Å². The molecule has 2 rings (SSSR count). The lowest BCUT2D eigenvalue weighted by Crippen LogP contribution is -2.28. The Hall–Kier alpha value is -2.36. The highest BCUT2D eigenvalue weighted by molar-refractivity contribution is 5.77. The van der Waals surface area contributed by atoms with E-state index >= 15 is 0 Å². The number of amides is 1. The SMILES string of the molecule is Cc1cc(C)c(OCC(=O)NCc2ccncc2)cc1C. The molecular weight excluding hydrogens is 264 g/mol. The third kappa shape index (κ3) is 4.31. The van der Waals surface area contributed by atoms with Crippen molar-refractivity contribution < 1.29 is 9.53 Å². The molecule has 110 valence electrons. The molecule has 4 nitrogen and oxygen atoms in total. The fraction of sp³-hybridized carbons (Fsp3) is 0.294. The molecule has 0 fully saturated rings. The summed E-state index contributed by atoms with van der Waals surface area (Å²) < 4.78 is 5.60. The number of ether oxygens (including phenoxy) is 1. The van der Waals surface area contributed by atoms with E-state index in [1.54, 1.807) is 12.4 Å². The number of hydrogen-bond donors (Lipinski definition) is 1. The lowest BCUT2D eigenvalue weighted by Gasteiger charge is -2.12. The normalized spacial score (nSPS) is 10.2. The molecule has 0 saturated carbocycles. The molecule has 1 aromatic carbocycles. The Bertz CT molecular complexity index is 624. The number of rotatable bonds is 5. The molecule has 0 radical (unpaired) electrons. The van der Waals surface area contributed by atoms with Crippen molar-refractivity contribution in [3.05, 3.63) is 58.9 Å². The highest BCUT2D eigenvalue weighted by atomic mass is 16.5. The van der Waals surface area contributed by atoms with E-state index in [1.165, 1.54) is 5.56 Å². The molecule has 0 bridgehead atoms. The van der Waals surface area contributed by atoms with Gasteiger partial charge in [-0.15, -0.1) is 0 Å². The first-order chi connectivity index (χ1) is 10.1. The third-order valence-electron chi connectivity index (χ3n) is 3.39. The van der Waals surface area contributed by atoms with Gasteiger partial charge in [0.15, 0.2) is 6.61 Å². The summed E-state index contributed by atoms with van der Waals surface area (Å²) in [5.74, 6) is 0.626. The fourth-order valence-corrected chi connectivity index (χ4v) is 1.99. The van der Waals surface area contributed by atoms with Crippen LogP contribution in [0.1, 0.15) is 22.3 Å². The van der Waals surface area contributed by atoms with E-state index in [0.717, 1.165) is 22.4 Å². The third-order valence-corrected chi connectivity index (χ3v) is 3.39. The second kappa shape index (κ2) is 6.88. The van der Waals surface area contributed by atoms with Crippen molar-refractivity contribution in [2.75, 3.05) is 6.61 Å². The highest BCUT2D eigenvalue weighted by Crippen LogP contribution is 2.22. The van der Waals surface area contributed by atoms with E-state index in [-0.39, 0.29) is 12.5 Å². The van der Waals surface area contributed by atoms with Crippen molar-refractivity contribution in [1.29, 1.82) is 0 Å². The Kier molecular flexibility index (Phi) is 4.93. The number of pyridine rings is 1. The van der Waals surface area contributed by atoms with Gasteiger partial charge < -0.3 is 10.1 Å². The topological polar surface area (TPSA) is 51.2 Å². The van der Waals surface area contributed by atoms with Crippen LogP contribution in [0.5, 0.6) is 5.75 Å². The fourth-order valence-electron chi connectivity index (χ4n) is 1.99. The van der Waals surface area contributed by atoms with Crippen LogP contribution in [0, 0.1) is 20.8 Å². The first-order valence-electron chi connectivity index (χ1n) is 6.92. The number of carbonyl (C=O) groups is 1. The van der Waals surface area contributed by atoms with Gasteiger partial charge in [-0.2, -0.15) is 0 Å². The van der Waals surface area contributed by atoms with Gasteiger partial charge in [0.25, 0.3) is 5.91 Å². The number of aromatic nitrogens is 1. The van der Waals surface area contributed by atoms with Gasteiger partial charge in [0, 0.05) is 18.9 Å². The largest absolute Gasteiger partial charge is 0.483 e. The minimum absolute atomic E-state index is 0.0222. The minimum Gasteiger partial charge on any atom is -0.483 e. The maximum atomic E-state index is 11.8. The van der Waals surface area contributed by atoms with Crippen molar-refractivity contribution in [3.8, 4) is 5.75 Å². The van der Waals surface area contributed by atoms with Crippen molar-refractivity contribution in [2.45, 2.75) is 27.3 Å². The summed E-state index contributed by atoms with van der Waals surface area (Å²) in [6.07, 6.45) is 3.41. The molecule has 1 aromatic heterocycles. The van der Waals surface area contributed by atoms with E-state index in [2.05, 4.69) is 23.3 Å². The zero-order valence-electron chi connectivity index (χ0n) is 12.6. The summed E-state index contributed by atoms with van der Waals surface area (Å²) in [5, 5.41) is 2.82. The van der Waals surface area contributed by atoms with Gasteiger partial charge in [0.05, 0.1) is 0 Å². The Balaban J connectivity index is 1.85. The van der Waals surface area contributed by atoms with Gasteiger partial charge in [-0.25, -0.2) is 0 Å². The zero-order valence-corrected chi connectivity index (χ0v) is 12.6. The van der Waals surface area contributed by atoms with Crippen LogP contribution in [0.3, 0.4) is 0 Å². The monoisotopic (exact) mass is 284 g/mol.